The van der Waals surface area contributed by atoms with Crippen molar-refractivity contribution in [3.05, 3.63) is 54.3 Å². The Kier molecular flexibility index (Phi) is 2.10. The van der Waals surface area contributed by atoms with Crippen molar-refractivity contribution in [1.82, 2.24) is 0 Å². The third-order valence-electron chi connectivity index (χ3n) is 2.96. The third-order valence-corrected chi connectivity index (χ3v) is 2.96. The van der Waals surface area contributed by atoms with Gasteiger partial charge in [0.1, 0.15) is 0 Å². The second kappa shape index (κ2) is 3.60. The van der Waals surface area contributed by atoms with Crippen molar-refractivity contribution in [2.24, 2.45) is 0 Å². The zero-order valence-electron chi connectivity index (χ0n) is 9.23. The Morgan fingerprint density at radius 1 is 0.875 bits per heavy atom. The molecular weight excluding hydrogens is 196 g/mol. The summed E-state index contributed by atoms with van der Waals surface area (Å²) in [4.78, 5) is 0. The van der Waals surface area contributed by atoms with Crippen LogP contribution in [-0.4, -0.2) is 0 Å². The fraction of sp³-hybridized carbons (Fsp3) is 0.133. The molecule has 0 aliphatic carbocycles. The predicted molar refractivity (Wildman–Crippen MR) is 67.5 cm³/mol. The molecule has 0 saturated heterocycles. The predicted octanol–water partition coefficient (Wildman–Crippen LogP) is 4.43. The molecule has 0 fully saturated rings. The van der Waals surface area contributed by atoms with E-state index in [9.17, 15) is 0 Å². The van der Waals surface area contributed by atoms with Gasteiger partial charge in [-0.25, -0.2) is 4.42 Å². The summed E-state index contributed by atoms with van der Waals surface area (Å²) in [6, 6.07) is 16.8. The Morgan fingerprint density at radius 2 is 1.75 bits per heavy atom. The van der Waals surface area contributed by atoms with Crippen LogP contribution in [0.15, 0.2) is 52.9 Å². The van der Waals surface area contributed by atoms with E-state index in [0.29, 0.717) is 0 Å². The van der Waals surface area contributed by atoms with Gasteiger partial charge in [-0.15, -0.1) is 0 Å². The van der Waals surface area contributed by atoms with Crippen molar-refractivity contribution >= 4 is 21.7 Å². The highest BCUT2D eigenvalue weighted by atomic mass is 16.3. The van der Waals surface area contributed by atoms with Crippen LogP contribution in [0, 0.1) is 0 Å². The summed E-state index contributed by atoms with van der Waals surface area (Å²) in [5.74, 6) is 1.03. The van der Waals surface area contributed by atoms with E-state index >= 15 is 0 Å². The molecule has 0 aliphatic rings. The van der Waals surface area contributed by atoms with Crippen molar-refractivity contribution in [3.8, 4) is 0 Å². The molecule has 3 aromatic rings. The molecule has 3 rings (SSSR count). The average Bonchev–Trinajstić information content (AvgIpc) is 2.38. The van der Waals surface area contributed by atoms with E-state index < -0.39 is 0 Å². The van der Waals surface area contributed by atoms with Gasteiger partial charge in [0.25, 0.3) is 0 Å². The molecule has 0 unspecified atom stereocenters. The zero-order chi connectivity index (χ0) is 11.0. The highest BCUT2D eigenvalue weighted by Crippen LogP contribution is 2.25. The normalized spacial score (nSPS) is 11.1. The van der Waals surface area contributed by atoms with E-state index in [1.807, 2.05) is 0 Å². The smallest absolute Gasteiger partial charge is 0.212 e. The first kappa shape index (κ1) is 9.34. The van der Waals surface area contributed by atoms with Gasteiger partial charge in [0, 0.05) is 12.1 Å². The molecule has 16 heavy (non-hydrogen) atoms. The van der Waals surface area contributed by atoms with Crippen molar-refractivity contribution in [1.29, 1.82) is 0 Å². The fourth-order valence-corrected chi connectivity index (χ4v) is 2.08. The Balaban J connectivity index is 2.43. The molecule has 2 aromatic carbocycles. The van der Waals surface area contributed by atoms with E-state index in [-0.39, 0.29) is 0 Å². The van der Waals surface area contributed by atoms with E-state index in [4.69, 9.17) is 4.42 Å². The Morgan fingerprint density at radius 3 is 2.62 bits per heavy atom. The summed E-state index contributed by atoms with van der Waals surface area (Å²) in [5, 5.41) is 3.70. The quantitative estimate of drug-likeness (QED) is 0.426. The van der Waals surface area contributed by atoms with Gasteiger partial charge in [0.2, 0.25) is 0 Å². The number of aryl methyl sites for hydroxylation is 1. The van der Waals surface area contributed by atoms with Gasteiger partial charge in [0.05, 0.1) is 11.8 Å². The van der Waals surface area contributed by atoms with Gasteiger partial charge < -0.3 is 0 Å². The molecule has 1 nitrogen and oxygen atoms in total. The molecule has 0 atom stereocenters. The van der Waals surface area contributed by atoms with E-state index in [1.165, 1.54) is 16.2 Å². The van der Waals surface area contributed by atoms with Crippen molar-refractivity contribution < 1.29 is 4.42 Å². The maximum Gasteiger partial charge on any atom is 0.360 e. The molecule has 78 valence electrons. The topological polar surface area (TPSA) is 11.3 Å². The molecule has 0 bridgehead atoms. The van der Waals surface area contributed by atoms with Gasteiger partial charge in [-0.3, -0.25) is 0 Å². The van der Waals surface area contributed by atoms with E-state index in [2.05, 4.69) is 55.5 Å². The lowest BCUT2D eigenvalue weighted by molar-refractivity contribution is 0.545. The third kappa shape index (κ3) is 1.36. The van der Waals surface area contributed by atoms with Crippen molar-refractivity contribution in [3.63, 3.8) is 0 Å². The summed E-state index contributed by atoms with van der Waals surface area (Å²) in [6.07, 6.45) is 0.933. The van der Waals surface area contributed by atoms with Crippen LogP contribution in [0.5, 0.6) is 0 Å². The zero-order valence-corrected chi connectivity index (χ0v) is 9.23. The van der Waals surface area contributed by atoms with Crippen LogP contribution in [-0.2, 0) is 6.42 Å². The molecule has 0 N–H and O–H groups in total. The van der Waals surface area contributed by atoms with Crippen molar-refractivity contribution in [2.75, 3.05) is 0 Å². The summed E-state index contributed by atoms with van der Waals surface area (Å²) < 4.78 is 5.82. The van der Waals surface area contributed by atoms with E-state index in [1.54, 1.807) is 0 Å². The van der Waals surface area contributed by atoms with Crippen LogP contribution in [0.2, 0.25) is 0 Å². The Labute approximate surface area is 94.3 Å². The Hall–Kier alpha value is -1.89. The molecule has 0 aliphatic heterocycles. The maximum atomic E-state index is 5.82. The number of benzene rings is 2. The molecule has 1 heterocycles. The number of hydrogen-bond donors (Lipinski definition) is 0. The SMILES string of the molecule is CCc1ccc2c(ccc3ccccc32)[o+]1. The minimum Gasteiger partial charge on any atom is -0.212 e. The molecular formula is C15H13O+. The van der Waals surface area contributed by atoms with Crippen LogP contribution >= 0.6 is 0 Å². The maximum absolute atomic E-state index is 5.82. The van der Waals surface area contributed by atoms with Gasteiger partial charge in [-0.05, 0) is 22.9 Å². The molecule has 0 radical (unpaired) electrons. The van der Waals surface area contributed by atoms with Crippen molar-refractivity contribution in [2.45, 2.75) is 13.3 Å². The summed E-state index contributed by atoms with van der Waals surface area (Å²) in [5.41, 5.74) is 0.970. The number of rotatable bonds is 1. The highest BCUT2D eigenvalue weighted by molar-refractivity contribution is 6.05. The van der Waals surface area contributed by atoms with Crippen LogP contribution in [0.3, 0.4) is 0 Å². The first-order valence-electron chi connectivity index (χ1n) is 5.62. The largest absolute Gasteiger partial charge is 0.360 e. The average molecular weight is 209 g/mol. The Bertz CT molecular complexity index is 656. The number of hydrogen-bond acceptors (Lipinski definition) is 0. The van der Waals surface area contributed by atoms with Gasteiger partial charge in [-0.2, -0.15) is 0 Å². The second-order valence-corrected chi connectivity index (χ2v) is 3.95. The van der Waals surface area contributed by atoms with Gasteiger partial charge in [-0.1, -0.05) is 31.2 Å². The molecule has 1 aromatic heterocycles. The molecule has 0 saturated carbocycles. The molecule has 0 amide bonds. The highest BCUT2D eigenvalue weighted by Gasteiger charge is 2.11. The first-order chi connectivity index (χ1) is 7.88. The van der Waals surface area contributed by atoms with Crippen LogP contribution in [0.25, 0.3) is 21.7 Å². The number of fused-ring (bicyclic) bond motifs is 3. The van der Waals surface area contributed by atoms with Crippen LogP contribution < -0.4 is 0 Å². The van der Waals surface area contributed by atoms with Crippen LogP contribution in [0.1, 0.15) is 12.7 Å². The van der Waals surface area contributed by atoms with Crippen LogP contribution in [0.4, 0.5) is 0 Å². The second-order valence-electron chi connectivity index (χ2n) is 3.95. The lowest BCUT2D eigenvalue weighted by atomic mass is 10.1. The lowest BCUT2D eigenvalue weighted by Gasteiger charge is -1.97. The van der Waals surface area contributed by atoms with Gasteiger partial charge >= 0.3 is 11.3 Å². The summed E-state index contributed by atoms with van der Waals surface area (Å²) in [6.45, 7) is 2.10. The fourth-order valence-electron chi connectivity index (χ4n) is 2.08. The monoisotopic (exact) mass is 209 g/mol. The summed E-state index contributed by atoms with van der Waals surface area (Å²) in [7, 11) is 0. The molecule has 0 spiro atoms. The molecule has 1 heteroatoms. The summed E-state index contributed by atoms with van der Waals surface area (Å²) >= 11 is 0. The first-order valence-corrected chi connectivity index (χ1v) is 5.62. The van der Waals surface area contributed by atoms with Gasteiger partial charge in [0.15, 0.2) is 0 Å². The standard InChI is InChI=1S/C15H13O/c1-2-12-8-9-14-13-6-4-3-5-11(13)7-10-15(14)16-12/h3-10H,2H2,1H3/q+1. The van der Waals surface area contributed by atoms with E-state index in [0.717, 1.165) is 17.8 Å². The lowest BCUT2D eigenvalue weighted by Crippen LogP contribution is -1.81. The minimum absolute atomic E-state index is 0.933. The minimum atomic E-state index is 0.933.